The molecule has 5 nitrogen and oxygen atoms in total. The van der Waals surface area contributed by atoms with Gasteiger partial charge in [-0.15, -0.1) is 0 Å². The molecule has 0 radical (unpaired) electrons. The van der Waals surface area contributed by atoms with Gasteiger partial charge in [-0.2, -0.15) is 0 Å². The Morgan fingerprint density at radius 3 is 2.38 bits per heavy atom. The lowest BCUT2D eigenvalue weighted by Gasteiger charge is -2.12. The fourth-order valence-corrected chi connectivity index (χ4v) is 3.78. The molecule has 0 fully saturated rings. The van der Waals surface area contributed by atoms with Crippen molar-refractivity contribution in [1.29, 1.82) is 0 Å². The predicted octanol–water partition coefficient (Wildman–Crippen LogP) is 4.20. The Labute approximate surface area is 160 Å². The summed E-state index contributed by atoms with van der Waals surface area (Å²) in [7, 11) is -1.21. The lowest BCUT2D eigenvalue weighted by Crippen LogP contribution is -2.03. The lowest BCUT2D eigenvalue weighted by atomic mass is 10.00. The zero-order valence-corrected chi connectivity index (χ0v) is 16.4. The van der Waals surface area contributed by atoms with Crippen LogP contribution in [-0.4, -0.2) is 20.4 Å². The molecule has 3 rings (SSSR count). The highest BCUT2D eigenvalue weighted by Crippen LogP contribution is 2.28. The number of nitrogens with two attached hydrogens (primary N) is 1. The zero-order valence-electron chi connectivity index (χ0n) is 14.8. The average molecular weight is 385 g/mol. The van der Waals surface area contributed by atoms with Crippen molar-refractivity contribution >= 4 is 34.4 Å². The van der Waals surface area contributed by atoms with Crippen LogP contribution >= 0.6 is 11.9 Å². The fourth-order valence-electron chi connectivity index (χ4n) is 2.65. The number of hydrogen-bond acceptors (Lipinski definition) is 6. The molecule has 1 aromatic heterocycles. The largest absolute Gasteiger partial charge is 0.399 e. The summed E-state index contributed by atoms with van der Waals surface area (Å²) < 4.78 is 15.2. The minimum Gasteiger partial charge on any atom is -0.399 e. The first-order valence-corrected chi connectivity index (χ1v) is 10.4. The average Bonchev–Trinajstić information content (AvgIpc) is 2.60. The summed E-state index contributed by atoms with van der Waals surface area (Å²) >= 11 is 1.37. The normalized spacial score (nSPS) is 12.0. The number of rotatable bonds is 5. The van der Waals surface area contributed by atoms with Crippen LogP contribution in [0.3, 0.4) is 0 Å². The minimum atomic E-state index is -1.21. The van der Waals surface area contributed by atoms with E-state index in [9.17, 15) is 4.21 Å². The smallest absolute Gasteiger partial charge is 0.234 e. The van der Waals surface area contributed by atoms with Crippen molar-refractivity contribution < 1.29 is 4.21 Å². The Hall–Kier alpha value is -2.38. The molecule has 26 heavy (non-hydrogen) atoms. The van der Waals surface area contributed by atoms with Crippen molar-refractivity contribution in [3.63, 3.8) is 0 Å². The number of nitrogens with zero attached hydrogens (tertiary/aromatic N) is 2. The molecule has 0 spiro atoms. The number of nitrogen functional groups attached to an aromatic ring is 1. The van der Waals surface area contributed by atoms with Gasteiger partial charge in [0.25, 0.3) is 0 Å². The van der Waals surface area contributed by atoms with Gasteiger partial charge in [-0.3, -0.25) is 8.93 Å². The zero-order chi connectivity index (χ0) is 18.7. The van der Waals surface area contributed by atoms with Crippen LogP contribution in [0.2, 0.25) is 0 Å². The quantitative estimate of drug-likeness (QED) is 0.390. The fraction of sp³-hybridized carbons (Fsp3) is 0.158. The molecular formula is C19H20N4OS2. The molecule has 0 saturated carbocycles. The van der Waals surface area contributed by atoms with Gasteiger partial charge in [-0.05, 0) is 61.2 Å². The Kier molecular flexibility index (Phi) is 5.58. The van der Waals surface area contributed by atoms with E-state index in [4.69, 9.17) is 5.73 Å². The van der Waals surface area contributed by atoms with Gasteiger partial charge < -0.3 is 5.73 Å². The summed E-state index contributed by atoms with van der Waals surface area (Å²) in [5, 5.41) is 0.494. The van der Waals surface area contributed by atoms with Gasteiger partial charge >= 0.3 is 0 Å². The van der Waals surface area contributed by atoms with Crippen LogP contribution in [0.25, 0.3) is 11.3 Å². The van der Waals surface area contributed by atoms with E-state index in [2.05, 4.69) is 14.7 Å². The van der Waals surface area contributed by atoms with Crippen molar-refractivity contribution in [3.05, 3.63) is 59.7 Å². The van der Waals surface area contributed by atoms with Crippen LogP contribution in [0.1, 0.15) is 11.1 Å². The van der Waals surface area contributed by atoms with Gasteiger partial charge in [-0.25, -0.2) is 9.97 Å². The highest BCUT2D eigenvalue weighted by Gasteiger charge is 2.13. The van der Waals surface area contributed by atoms with E-state index in [1.54, 1.807) is 12.3 Å². The van der Waals surface area contributed by atoms with Crippen LogP contribution in [0.5, 0.6) is 0 Å². The SMILES string of the molecule is Cc1cccc(C)c1-c1cc(S(C)=O)nc(NSc2cccc(N)c2)n1. The molecule has 3 aromatic rings. The van der Waals surface area contributed by atoms with Crippen molar-refractivity contribution in [2.75, 3.05) is 16.7 Å². The molecule has 0 saturated heterocycles. The van der Waals surface area contributed by atoms with E-state index >= 15 is 0 Å². The number of benzene rings is 2. The Balaban J connectivity index is 1.98. The second kappa shape index (κ2) is 7.88. The third-order valence-corrected chi connectivity index (χ3v) is 5.43. The minimum absolute atomic E-state index is 0.419. The predicted molar refractivity (Wildman–Crippen MR) is 110 cm³/mol. The maximum atomic E-state index is 12.0. The third kappa shape index (κ3) is 4.23. The highest BCUT2D eigenvalue weighted by molar-refractivity contribution is 8.00. The third-order valence-electron chi connectivity index (χ3n) is 3.85. The maximum absolute atomic E-state index is 12.0. The van der Waals surface area contributed by atoms with Gasteiger partial charge in [0.2, 0.25) is 5.95 Å². The van der Waals surface area contributed by atoms with E-state index in [0.717, 1.165) is 27.3 Å². The molecule has 0 bridgehead atoms. The van der Waals surface area contributed by atoms with E-state index in [1.807, 2.05) is 56.3 Å². The maximum Gasteiger partial charge on any atom is 0.234 e. The summed E-state index contributed by atoms with van der Waals surface area (Å²) in [4.78, 5) is 9.97. The van der Waals surface area contributed by atoms with E-state index in [-0.39, 0.29) is 0 Å². The Morgan fingerprint density at radius 1 is 1.04 bits per heavy atom. The second-order valence-electron chi connectivity index (χ2n) is 5.91. The molecule has 0 aliphatic heterocycles. The van der Waals surface area contributed by atoms with Crippen molar-refractivity contribution in [2.24, 2.45) is 0 Å². The number of aromatic nitrogens is 2. The first-order valence-electron chi connectivity index (χ1n) is 8.01. The molecule has 7 heteroatoms. The first kappa shape index (κ1) is 18.4. The standard InChI is InChI=1S/C19H20N4OS2/c1-12-6-4-7-13(2)18(12)16-11-17(26(3)24)22-19(21-16)23-25-15-9-5-8-14(20)10-15/h4-11H,20H2,1-3H3,(H,21,22,23). The monoisotopic (exact) mass is 384 g/mol. The molecule has 1 unspecified atom stereocenters. The van der Waals surface area contributed by atoms with Crippen LogP contribution in [0.4, 0.5) is 11.6 Å². The Morgan fingerprint density at radius 2 is 1.73 bits per heavy atom. The molecule has 2 aromatic carbocycles. The summed E-state index contributed by atoms with van der Waals surface area (Å²) in [5.41, 5.74) is 10.5. The summed E-state index contributed by atoms with van der Waals surface area (Å²) in [6.45, 7) is 4.09. The molecule has 1 heterocycles. The van der Waals surface area contributed by atoms with Crippen LogP contribution < -0.4 is 10.5 Å². The molecular weight excluding hydrogens is 364 g/mol. The van der Waals surface area contributed by atoms with E-state index in [1.165, 1.54) is 11.9 Å². The number of hydrogen-bond donors (Lipinski definition) is 2. The van der Waals surface area contributed by atoms with Gasteiger partial charge in [0, 0.05) is 22.4 Å². The van der Waals surface area contributed by atoms with Gasteiger partial charge in [-0.1, -0.05) is 24.3 Å². The number of nitrogens with one attached hydrogen (secondary N) is 1. The summed E-state index contributed by atoms with van der Waals surface area (Å²) in [6.07, 6.45) is 1.62. The van der Waals surface area contributed by atoms with Crippen molar-refractivity contribution in [3.8, 4) is 11.3 Å². The molecule has 0 aliphatic rings. The first-order chi connectivity index (χ1) is 12.4. The van der Waals surface area contributed by atoms with Crippen molar-refractivity contribution in [2.45, 2.75) is 23.8 Å². The topological polar surface area (TPSA) is 80.9 Å². The number of anilines is 2. The Bertz CT molecular complexity index is 955. The molecule has 1 atom stereocenters. The second-order valence-corrected chi connectivity index (χ2v) is 8.12. The molecule has 0 amide bonds. The highest BCUT2D eigenvalue weighted by atomic mass is 32.2. The van der Waals surface area contributed by atoms with Crippen LogP contribution in [0, 0.1) is 13.8 Å². The van der Waals surface area contributed by atoms with E-state index in [0.29, 0.717) is 16.7 Å². The van der Waals surface area contributed by atoms with E-state index < -0.39 is 10.8 Å². The molecule has 0 aliphatic carbocycles. The lowest BCUT2D eigenvalue weighted by molar-refractivity contribution is 0.684. The summed E-state index contributed by atoms with van der Waals surface area (Å²) in [5.74, 6) is 0.419. The van der Waals surface area contributed by atoms with Crippen LogP contribution in [-0.2, 0) is 10.8 Å². The van der Waals surface area contributed by atoms with Crippen molar-refractivity contribution in [1.82, 2.24) is 9.97 Å². The van der Waals surface area contributed by atoms with Gasteiger partial charge in [0.05, 0.1) is 16.5 Å². The van der Waals surface area contributed by atoms with Crippen LogP contribution in [0.15, 0.2) is 58.5 Å². The molecule has 3 N–H and O–H groups in total. The summed E-state index contributed by atoms with van der Waals surface area (Å²) in [6, 6.07) is 15.4. The van der Waals surface area contributed by atoms with Gasteiger partial charge in [0.15, 0.2) is 0 Å². The van der Waals surface area contributed by atoms with Gasteiger partial charge in [0.1, 0.15) is 5.03 Å². The molecule has 134 valence electrons. The number of aryl methyl sites for hydroxylation is 2.